The van der Waals surface area contributed by atoms with Crippen LogP contribution in [0.3, 0.4) is 0 Å². The number of halogens is 1. The van der Waals surface area contributed by atoms with Gasteiger partial charge in [0.05, 0.1) is 7.11 Å². The van der Waals surface area contributed by atoms with E-state index in [1.54, 1.807) is 18.2 Å². The summed E-state index contributed by atoms with van der Waals surface area (Å²) >= 11 is 3.28. The molecule has 1 aliphatic carbocycles. The predicted octanol–water partition coefficient (Wildman–Crippen LogP) is 2.53. The number of sulfonamides is 1. The molecule has 0 heterocycles. The van der Waals surface area contributed by atoms with Gasteiger partial charge in [-0.1, -0.05) is 22.9 Å². The Morgan fingerprint density at radius 1 is 1.39 bits per heavy atom. The lowest BCUT2D eigenvalue weighted by Crippen LogP contribution is -2.43. The van der Waals surface area contributed by atoms with Crippen molar-refractivity contribution in [2.75, 3.05) is 7.11 Å². The molecule has 0 radical (unpaired) electrons. The summed E-state index contributed by atoms with van der Waals surface area (Å²) < 4.78 is 33.1. The Morgan fingerprint density at radius 2 is 2.06 bits per heavy atom. The third kappa shape index (κ3) is 2.87. The van der Waals surface area contributed by atoms with Crippen LogP contribution in [0.2, 0.25) is 0 Å². The molecule has 0 saturated heterocycles. The molecule has 1 N–H and O–H groups in total. The van der Waals surface area contributed by atoms with Gasteiger partial charge in [-0.2, -0.15) is 0 Å². The standard InChI is InChI=1S/C12H16BrNO3S/c1-8-5-10(6-8)14-18(15,16)12-7-9(13)3-4-11(12)17-2/h3-4,7-8,10,14H,5-6H2,1-2H3. The minimum atomic E-state index is -3.51. The van der Waals surface area contributed by atoms with E-state index < -0.39 is 10.0 Å². The summed E-state index contributed by atoms with van der Waals surface area (Å²) in [4.78, 5) is 0.180. The van der Waals surface area contributed by atoms with Crippen molar-refractivity contribution in [3.8, 4) is 5.75 Å². The first-order valence-electron chi connectivity index (χ1n) is 5.78. The molecule has 0 spiro atoms. The third-order valence-electron chi connectivity index (χ3n) is 3.11. The first-order chi connectivity index (χ1) is 8.42. The Labute approximate surface area is 116 Å². The fourth-order valence-corrected chi connectivity index (χ4v) is 4.11. The highest BCUT2D eigenvalue weighted by Crippen LogP contribution is 2.31. The molecule has 6 heteroatoms. The molecule has 0 atom stereocenters. The quantitative estimate of drug-likeness (QED) is 0.921. The van der Waals surface area contributed by atoms with Gasteiger partial charge in [0.1, 0.15) is 10.6 Å². The predicted molar refractivity (Wildman–Crippen MR) is 73.2 cm³/mol. The average molecular weight is 334 g/mol. The van der Waals surface area contributed by atoms with Crippen LogP contribution in [0.15, 0.2) is 27.6 Å². The maximum atomic E-state index is 12.3. The van der Waals surface area contributed by atoms with E-state index in [-0.39, 0.29) is 10.9 Å². The van der Waals surface area contributed by atoms with Crippen LogP contribution in [0.25, 0.3) is 0 Å². The van der Waals surface area contributed by atoms with Crippen LogP contribution < -0.4 is 9.46 Å². The van der Waals surface area contributed by atoms with Crippen LogP contribution in [0.4, 0.5) is 0 Å². The number of methoxy groups -OCH3 is 1. The zero-order chi connectivity index (χ0) is 13.3. The van der Waals surface area contributed by atoms with Gasteiger partial charge >= 0.3 is 0 Å². The SMILES string of the molecule is COc1ccc(Br)cc1S(=O)(=O)NC1CC(C)C1. The topological polar surface area (TPSA) is 55.4 Å². The highest BCUT2D eigenvalue weighted by molar-refractivity contribution is 9.10. The molecule has 1 aromatic rings. The van der Waals surface area contributed by atoms with Gasteiger partial charge in [-0.25, -0.2) is 13.1 Å². The zero-order valence-electron chi connectivity index (χ0n) is 10.3. The van der Waals surface area contributed by atoms with Gasteiger partial charge in [-0.3, -0.25) is 0 Å². The second kappa shape index (κ2) is 5.19. The normalized spacial score (nSPS) is 23.5. The first kappa shape index (κ1) is 13.8. The van der Waals surface area contributed by atoms with Gasteiger partial charge in [0.25, 0.3) is 0 Å². The van der Waals surface area contributed by atoms with Crippen molar-refractivity contribution in [3.05, 3.63) is 22.7 Å². The number of rotatable bonds is 4. The molecule has 18 heavy (non-hydrogen) atoms. The molecule has 1 aliphatic rings. The summed E-state index contributed by atoms with van der Waals surface area (Å²) in [5, 5.41) is 0. The number of benzene rings is 1. The molecule has 0 unspecified atom stereocenters. The van der Waals surface area contributed by atoms with E-state index in [2.05, 4.69) is 27.6 Å². The van der Waals surface area contributed by atoms with Crippen LogP contribution in [-0.2, 0) is 10.0 Å². The molecule has 0 aromatic heterocycles. The molecule has 1 saturated carbocycles. The fourth-order valence-electron chi connectivity index (χ4n) is 2.14. The van der Waals surface area contributed by atoms with Crippen LogP contribution >= 0.6 is 15.9 Å². The van der Waals surface area contributed by atoms with E-state index in [4.69, 9.17) is 4.74 Å². The smallest absolute Gasteiger partial charge is 0.244 e. The molecular formula is C12H16BrNO3S. The largest absolute Gasteiger partial charge is 0.495 e. The molecule has 0 bridgehead atoms. The van der Waals surface area contributed by atoms with Crippen molar-refractivity contribution >= 4 is 26.0 Å². The molecule has 100 valence electrons. The molecule has 2 rings (SSSR count). The van der Waals surface area contributed by atoms with Crippen LogP contribution in [0.5, 0.6) is 5.75 Å². The second-order valence-corrected chi connectivity index (χ2v) is 7.29. The minimum absolute atomic E-state index is 0.0497. The van der Waals surface area contributed by atoms with Gasteiger partial charge in [-0.05, 0) is 37.0 Å². The lowest BCUT2D eigenvalue weighted by atomic mass is 9.83. The highest BCUT2D eigenvalue weighted by atomic mass is 79.9. The van der Waals surface area contributed by atoms with Crippen molar-refractivity contribution in [3.63, 3.8) is 0 Å². The number of nitrogens with one attached hydrogen (secondary N) is 1. The van der Waals surface area contributed by atoms with Crippen molar-refractivity contribution < 1.29 is 13.2 Å². The van der Waals surface area contributed by atoms with Gasteiger partial charge < -0.3 is 4.74 Å². The lowest BCUT2D eigenvalue weighted by molar-refractivity contribution is 0.270. The van der Waals surface area contributed by atoms with E-state index in [1.807, 2.05) is 0 Å². The maximum absolute atomic E-state index is 12.3. The fraction of sp³-hybridized carbons (Fsp3) is 0.500. The summed E-state index contributed by atoms with van der Waals surface area (Å²) in [7, 11) is -2.05. The van der Waals surface area contributed by atoms with Crippen molar-refractivity contribution in [2.24, 2.45) is 5.92 Å². The summed E-state index contributed by atoms with van der Waals surface area (Å²) in [6, 6.07) is 5.00. The number of ether oxygens (including phenoxy) is 1. The second-order valence-electron chi connectivity index (χ2n) is 4.69. The highest BCUT2D eigenvalue weighted by Gasteiger charge is 2.31. The molecule has 0 amide bonds. The Bertz CT molecular complexity index is 538. The Morgan fingerprint density at radius 3 is 2.61 bits per heavy atom. The van der Waals surface area contributed by atoms with Crippen LogP contribution in [0.1, 0.15) is 19.8 Å². The Balaban J connectivity index is 2.26. The summed E-state index contributed by atoms with van der Waals surface area (Å²) in [5.74, 6) is 0.958. The molecule has 1 fully saturated rings. The molecule has 0 aliphatic heterocycles. The monoisotopic (exact) mass is 333 g/mol. The minimum Gasteiger partial charge on any atom is -0.495 e. The summed E-state index contributed by atoms with van der Waals surface area (Å²) in [6.07, 6.45) is 1.80. The van der Waals surface area contributed by atoms with E-state index in [0.29, 0.717) is 16.1 Å². The Hall–Kier alpha value is -0.590. The molecule has 4 nitrogen and oxygen atoms in total. The average Bonchev–Trinajstić information content (AvgIpc) is 2.26. The van der Waals surface area contributed by atoms with Crippen molar-refractivity contribution in [1.29, 1.82) is 0 Å². The van der Waals surface area contributed by atoms with Crippen molar-refractivity contribution in [1.82, 2.24) is 4.72 Å². The maximum Gasteiger partial charge on any atom is 0.244 e. The number of hydrogen-bond acceptors (Lipinski definition) is 3. The van der Waals surface area contributed by atoms with E-state index in [1.165, 1.54) is 7.11 Å². The zero-order valence-corrected chi connectivity index (χ0v) is 12.7. The van der Waals surface area contributed by atoms with Crippen molar-refractivity contribution in [2.45, 2.75) is 30.7 Å². The summed E-state index contributed by atoms with van der Waals surface area (Å²) in [5.41, 5.74) is 0. The van der Waals surface area contributed by atoms with E-state index in [9.17, 15) is 8.42 Å². The summed E-state index contributed by atoms with van der Waals surface area (Å²) in [6.45, 7) is 2.12. The van der Waals surface area contributed by atoms with Crippen LogP contribution in [-0.4, -0.2) is 21.6 Å². The number of hydrogen-bond donors (Lipinski definition) is 1. The van der Waals surface area contributed by atoms with Gasteiger partial charge in [0.2, 0.25) is 10.0 Å². The van der Waals surface area contributed by atoms with Crippen LogP contribution in [0, 0.1) is 5.92 Å². The first-order valence-corrected chi connectivity index (χ1v) is 8.06. The molecular weight excluding hydrogens is 318 g/mol. The Kier molecular flexibility index (Phi) is 3.99. The van der Waals surface area contributed by atoms with E-state index >= 15 is 0 Å². The van der Waals surface area contributed by atoms with Gasteiger partial charge in [-0.15, -0.1) is 0 Å². The third-order valence-corrected chi connectivity index (χ3v) is 5.15. The van der Waals surface area contributed by atoms with Gasteiger partial charge in [0.15, 0.2) is 0 Å². The van der Waals surface area contributed by atoms with E-state index in [0.717, 1.165) is 12.8 Å². The molecule has 1 aromatic carbocycles. The van der Waals surface area contributed by atoms with Gasteiger partial charge in [0, 0.05) is 10.5 Å². The lowest BCUT2D eigenvalue weighted by Gasteiger charge is -2.33.